The molecule has 0 aromatic carbocycles. The Bertz CT molecular complexity index is 155. The van der Waals surface area contributed by atoms with Gasteiger partial charge in [-0.1, -0.05) is 6.92 Å². The molecule has 1 unspecified atom stereocenters. The largest absolute Gasteiger partial charge is 0.396 e. The molecule has 104 valence electrons. The molecule has 0 amide bonds. The number of ether oxygens (including phenoxy) is 3. The first-order valence-corrected chi connectivity index (χ1v) is 6.65. The number of rotatable bonds is 12. The minimum atomic E-state index is -0.645. The summed E-state index contributed by atoms with van der Waals surface area (Å²) in [7, 11) is 0. The van der Waals surface area contributed by atoms with Gasteiger partial charge in [-0.15, -0.1) is 0 Å². The van der Waals surface area contributed by atoms with E-state index < -0.39 is 5.79 Å². The fourth-order valence-corrected chi connectivity index (χ4v) is 1.54. The van der Waals surface area contributed by atoms with Gasteiger partial charge in [-0.2, -0.15) is 0 Å². The van der Waals surface area contributed by atoms with Crippen molar-refractivity contribution in [2.75, 3.05) is 33.0 Å². The van der Waals surface area contributed by atoms with E-state index in [2.05, 4.69) is 6.92 Å². The number of hydrogen-bond acceptors (Lipinski definition) is 4. The lowest BCUT2D eigenvalue weighted by Crippen LogP contribution is -2.34. The average molecular weight is 248 g/mol. The van der Waals surface area contributed by atoms with E-state index in [9.17, 15) is 0 Å². The van der Waals surface area contributed by atoms with Crippen LogP contribution in [0.5, 0.6) is 0 Å². The molecule has 0 aliphatic carbocycles. The maximum absolute atomic E-state index is 8.95. The Kier molecular flexibility index (Phi) is 10.9. The first kappa shape index (κ1) is 16.8. The van der Waals surface area contributed by atoms with E-state index in [1.54, 1.807) is 0 Å². The molecule has 4 heteroatoms. The van der Waals surface area contributed by atoms with E-state index >= 15 is 0 Å². The second-order valence-electron chi connectivity index (χ2n) is 4.21. The Labute approximate surface area is 105 Å². The highest BCUT2D eigenvalue weighted by Gasteiger charge is 2.24. The molecule has 1 N–H and O–H groups in total. The van der Waals surface area contributed by atoms with Crippen LogP contribution in [0.1, 0.15) is 46.5 Å². The molecule has 0 saturated heterocycles. The van der Waals surface area contributed by atoms with Crippen LogP contribution in [0.3, 0.4) is 0 Å². The summed E-state index contributed by atoms with van der Waals surface area (Å²) in [4.78, 5) is 0. The maximum atomic E-state index is 8.95. The number of hydrogen-bond donors (Lipinski definition) is 1. The number of unbranched alkanes of at least 4 members (excludes halogenated alkanes) is 1. The molecule has 0 aromatic rings. The van der Waals surface area contributed by atoms with Gasteiger partial charge in [0.15, 0.2) is 5.79 Å². The van der Waals surface area contributed by atoms with Gasteiger partial charge in [-0.25, -0.2) is 0 Å². The predicted octanol–water partition coefficient (Wildman–Crippen LogP) is 2.34. The Morgan fingerprint density at radius 1 is 1.00 bits per heavy atom. The highest BCUT2D eigenvalue weighted by atomic mass is 16.7. The highest BCUT2D eigenvalue weighted by Crippen LogP contribution is 2.17. The molecule has 0 aromatic heterocycles. The normalized spacial score (nSPS) is 14.8. The third kappa shape index (κ3) is 9.53. The molecule has 0 rings (SSSR count). The van der Waals surface area contributed by atoms with Crippen LogP contribution < -0.4 is 0 Å². The summed E-state index contributed by atoms with van der Waals surface area (Å²) in [5, 5.41) is 8.95. The topological polar surface area (TPSA) is 47.9 Å². The maximum Gasteiger partial charge on any atom is 0.167 e. The summed E-state index contributed by atoms with van der Waals surface area (Å²) < 4.78 is 16.6. The Morgan fingerprint density at radius 2 is 1.71 bits per heavy atom. The van der Waals surface area contributed by atoms with Gasteiger partial charge in [0.05, 0.1) is 6.61 Å². The average Bonchev–Trinajstić information content (AvgIpc) is 2.28. The first-order valence-electron chi connectivity index (χ1n) is 6.65. The van der Waals surface area contributed by atoms with Crippen LogP contribution in [0.15, 0.2) is 0 Å². The van der Waals surface area contributed by atoms with Gasteiger partial charge in [-0.3, -0.25) is 0 Å². The van der Waals surface area contributed by atoms with Gasteiger partial charge in [-0.05, 0) is 33.1 Å². The lowest BCUT2D eigenvalue weighted by atomic mass is 10.2. The summed E-state index contributed by atoms with van der Waals surface area (Å²) in [6.07, 6.45) is 3.53. The lowest BCUT2D eigenvalue weighted by molar-refractivity contribution is -0.230. The zero-order chi connectivity index (χ0) is 13.0. The van der Waals surface area contributed by atoms with Crippen molar-refractivity contribution in [2.24, 2.45) is 0 Å². The van der Waals surface area contributed by atoms with Gasteiger partial charge >= 0.3 is 0 Å². The van der Waals surface area contributed by atoms with E-state index in [1.165, 1.54) is 0 Å². The van der Waals surface area contributed by atoms with E-state index in [0.29, 0.717) is 19.6 Å². The number of aliphatic hydroxyl groups is 1. The van der Waals surface area contributed by atoms with Crippen molar-refractivity contribution < 1.29 is 19.3 Å². The molecule has 0 heterocycles. The van der Waals surface area contributed by atoms with Crippen LogP contribution in [0.4, 0.5) is 0 Å². The van der Waals surface area contributed by atoms with Crippen molar-refractivity contribution in [1.82, 2.24) is 0 Å². The molecule has 1 atom stereocenters. The molecule has 4 nitrogen and oxygen atoms in total. The molecular weight excluding hydrogens is 220 g/mol. The second-order valence-corrected chi connectivity index (χ2v) is 4.21. The van der Waals surface area contributed by atoms with E-state index in [4.69, 9.17) is 19.3 Å². The monoisotopic (exact) mass is 248 g/mol. The van der Waals surface area contributed by atoms with Crippen LogP contribution >= 0.6 is 0 Å². The zero-order valence-corrected chi connectivity index (χ0v) is 11.5. The quantitative estimate of drug-likeness (QED) is 0.425. The van der Waals surface area contributed by atoms with E-state index in [-0.39, 0.29) is 6.61 Å². The van der Waals surface area contributed by atoms with E-state index in [1.807, 2.05) is 13.8 Å². The van der Waals surface area contributed by atoms with Crippen molar-refractivity contribution in [3.63, 3.8) is 0 Å². The Hall–Kier alpha value is -0.160. The van der Waals surface area contributed by atoms with Gasteiger partial charge in [0.2, 0.25) is 0 Å². The van der Waals surface area contributed by atoms with Crippen molar-refractivity contribution in [2.45, 2.75) is 52.2 Å². The van der Waals surface area contributed by atoms with Crippen LogP contribution in [-0.4, -0.2) is 43.9 Å². The van der Waals surface area contributed by atoms with Gasteiger partial charge in [0.25, 0.3) is 0 Å². The molecule has 17 heavy (non-hydrogen) atoms. The molecule has 0 saturated carbocycles. The van der Waals surface area contributed by atoms with Gasteiger partial charge < -0.3 is 19.3 Å². The summed E-state index contributed by atoms with van der Waals surface area (Å²) >= 11 is 0. The van der Waals surface area contributed by atoms with Gasteiger partial charge in [0, 0.05) is 32.8 Å². The predicted molar refractivity (Wildman–Crippen MR) is 68.0 cm³/mol. The summed E-state index contributed by atoms with van der Waals surface area (Å²) in [6, 6.07) is 0. The zero-order valence-electron chi connectivity index (χ0n) is 11.5. The van der Waals surface area contributed by atoms with Crippen molar-refractivity contribution in [1.29, 1.82) is 0 Å². The minimum Gasteiger partial charge on any atom is -0.396 e. The molecular formula is C13H28O4. The van der Waals surface area contributed by atoms with Crippen molar-refractivity contribution in [3.05, 3.63) is 0 Å². The lowest BCUT2D eigenvalue weighted by Gasteiger charge is -2.29. The summed E-state index contributed by atoms with van der Waals surface area (Å²) in [5.41, 5.74) is 0. The molecule has 0 fully saturated rings. The van der Waals surface area contributed by atoms with Crippen LogP contribution in [-0.2, 0) is 14.2 Å². The summed E-state index contributed by atoms with van der Waals surface area (Å²) in [6.45, 7) is 8.85. The molecule has 0 aliphatic heterocycles. The Morgan fingerprint density at radius 3 is 2.29 bits per heavy atom. The molecule has 0 aliphatic rings. The first-order chi connectivity index (χ1) is 8.18. The van der Waals surface area contributed by atoms with Crippen LogP contribution in [0.25, 0.3) is 0 Å². The van der Waals surface area contributed by atoms with Crippen LogP contribution in [0, 0.1) is 0 Å². The highest BCUT2D eigenvalue weighted by molar-refractivity contribution is 4.62. The van der Waals surface area contributed by atoms with Crippen molar-refractivity contribution in [3.8, 4) is 0 Å². The molecule has 0 spiro atoms. The molecule has 0 radical (unpaired) electrons. The molecule has 0 bridgehead atoms. The SMILES string of the molecule is CCCOCCCCOC(C)(CCO)OCC. The number of aliphatic hydroxyl groups excluding tert-OH is 1. The second kappa shape index (κ2) is 11.0. The standard InChI is InChI=1S/C13H28O4/c1-4-10-15-11-6-7-12-17-13(3,8-9-14)16-5-2/h14H,4-12H2,1-3H3. The summed E-state index contributed by atoms with van der Waals surface area (Å²) in [5.74, 6) is -0.645. The van der Waals surface area contributed by atoms with Crippen LogP contribution in [0.2, 0.25) is 0 Å². The van der Waals surface area contributed by atoms with Crippen molar-refractivity contribution >= 4 is 0 Å². The fourth-order valence-electron chi connectivity index (χ4n) is 1.54. The fraction of sp³-hybridized carbons (Fsp3) is 1.00. The minimum absolute atomic E-state index is 0.0795. The van der Waals surface area contributed by atoms with E-state index in [0.717, 1.165) is 32.5 Å². The van der Waals surface area contributed by atoms with Gasteiger partial charge in [0.1, 0.15) is 0 Å². The smallest absolute Gasteiger partial charge is 0.167 e. The third-order valence-electron chi connectivity index (χ3n) is 2.45. The Balaban J connectivity index is 3.54. The third-order valence-corrected chi connectivity index (χ3v) is 2.45.